The lowest BCUT2D eigenvalue weighted by Crippen LogP contribution is -2.39. The Balaban J connectivity index is 2.05. The first kappa shape index (κ1) is 15.4. The van der Waals surface area contributed by atoms with Gasteiger partial charge < -0.3 is 10.1 Å². The third-order valence-electron chi connectivity index (χ3n) is 4.45. The van der Waals surface area contributed by atoms with Gasteiger partial charge in [0.1, 0.15) is 11.9 Å². The second-order valence-corrected chi connectivity index (χ2v) is 5.99. The van der Waals surface area contributed by atoms with Gasteiger partial charge in [0.25, 0.3) is 0 Å². The van der Waals surface area contributed by atoms with E-state index in [4.69, 9.17) is 4.74 Å². The fourth-order valence-corrected chi connectivity index (χ4v) is 3.01. The van der Waals surface area contributed by atoms with E-state index in [1.807, 2.05) is 0 Å². The van der Waals surface area contributed by atoms with E-state index in [1.54, 1.807) is 0 Å². The number of benzene rings is 1. The molecule has 1 N–H and O–H groups in total. The van der Waals surface area contributed by atoms with Gasteiger partial charge in [0, 0.05) is 6.04 Å². The summed E-state index contributed by atoms with van der Waals surface area (Å²) in [6.07, 6.45) is 6.38. The van der Waals surface area contributed by atoms with Crippen LogP contribution in [0.5, 0.6) is 5.75 Å². The first-order chi connectivity index (χ1) is 9.76. The summed E-state index contributed by atoms with van der Waals surface area (Å²) in [6.45, 7) is 7.83. The fourth-order valence-electron chi connectivity index (χ4n) is 3.01. The molecule has 0 bridgehead atoms. The van der Waals surface area contributed by atoms with Gasteiger partial charge in [-0.05, 0) is 56.2 Å². The second-order valence-electron chi connectivity index (χ2n) is 5.99. The maximum atomic E-state index is 6.38. The van der Waals surface area contributed by atoms with E-state index in [0.29, 0.717) is 18.1 Å². The fraction of sp³-hybridized carbons (Fsp3) is 0.667. The van der Waals surface area contributed by atoms with Crippen LogP contribution in [0.1, 0.15) is 64.4 Å². The predicted octanol–water partition coefficient (Wildman–Crippen LogP) is 4.50. The summed E-state index contributed by atoms with van der Waals surface area (Å²) in [6, 6.07) is 9.09. The number of para-hydroxylation sites is 1. The summed E-state index contributed by atoms with van der Waals surface area (Å²) in [5.41, 5.74) is 1.36. The third-order valence-corrected chi connectivity index (χ3v) is 4.45. The Bertz CT molecular complexity index is 404. The van der Waals surface area contributed by atoms with Crippen molar-refractivity contribution >= 4 is 0 Å². The zero-order chi connectivity index (χ0) is 14.4. The quantitative estimate of drug-likeness (QED) is 0.791. The van der Waals surface area contributed by atoms with Crippen molar-refractivity contribution < 1.29 is 4.74 Å². The summed E-state index contributed by atoms with van der Waals surface area (Å²) in [5, 5.41) is 3.64. The van der Waals surface area contributed by atoms with Gasteiger partial charge in [-0.3, -0.25) is 0 Å². The Morgan fingerprint density at radius 1 is 1.25 bits per heavy atom. The van der Waals surface area contributed by atoms with E-state index in [9.17, 15) is 0 Å². The molecule has 3 atom stereocenters. The van der Waals surface area contributed by atoms with Crippen LogP contribution in [0.2, 0.25) is 0 Å². The van der Waals surface area contributed by atoms with Gasteiger partial charge in [0.15, 0.2) is 0 Å². The van der Waals surface area contributed by atoms with Gasteiger partial charge in [0.05, 0.1) is 0 Å². The standard InChI is InChI=1S/C18H29NO/c1-4-13-19-16-10-8-12-18(16)20-17-11-7-6-9-15(17)14(3)5-2/h6-7,9,11,14,16,18-19H,4-5,8,10,12-13H2,1-3H3. The minimum Gasteiger partial charge on any atom is -0.489 e. The van der Waals surface area contributed by atoms with Crippen LogP contribution in [0.25, 0.3) is 0 Å². The van der Waals surface area contributed by atoms with Crippen molar-refractivity contribution in [3.05, 3.63) is 29.8 Å². The summed E-state index contributed by atoms with van der Waals surface area (Å²) in [7, 11) is 0. The molecule has 2 nitrogen and oxygen atoms in total. The van der Waals surface area contributed by atoms with Crippen LogP contribution < -0.4 is 10.1 Å². The van der Waals surface area contributed by atoms with E-state index in [-0.39, 0.29) is 0 Å². The molecule has 0 aromatic heterocycles. The molecule has 1 saturated carbocycles. The maximum Gasteiger partial charge on any atom is 0.123 e. The van der Waals surface area contributed by atoms with Crippen LogP contribution in [-0.4, -0.2) is 18.7 Å². The zero-order valence-electron chi connectivity index (χ0n) is 13.2. The van der Waals surface area contributed by atoms with E-state index in [0.717, 1.165) is 18.7 Å². The highest BCUT2D eigenvalue weighted by Gasteiger charge is 2.29. The molecule has 1 aromatic carbocycles. The third kappa shape index (κ3) is 3.76. The molecule has 0 radical (unpaired) electrons. The van der Waals surface area contributed by atoms with Crippen molar-refractivity contribution in [1.29, 1.82) is 0 Å². The molecule has 0 spiro atoms. The molecule has 2 rings (SSSR count). The van der Waals surface area contributed by atoms with E-state index >= 15 is 0 Å². The Labute approximate surface area is 123 Å². The summed E-state index contributed by atoms with van der Waals surface area (Å²) in [4.78, 5) is 0. The average molecular weight is 275 g/mol. The van der Waals surface area contributed by atoms with Crippen molar-refractivity contribution in [2.75, 3.05) is 6.54 Å². The number of ether oxygens (including phenoxy) is 1. The monoisotopic (exact) mass is 275 g/mol. The number of nitrogens with one attached hydrogen (secondary N) is 1. The zero-order valence-corrected chi connectivity index (χ0v) is 13.2. The highest BCUT2D eigenvalue weighted by Crippen LogP contribution is 2.32. The second kappa shape index (κ2) is 7.68. The van der Waals surface area contributed by atoms with Gasteiger partial charge in [-0.1, -0.05) is 39.0 Å². The van der Waals surface area contributed by atoms with Crippen LogP contribution in [-0.2, 0) is 0 Å². The van der Waals surface area contributed by atoms with E-state index < -0.39 is 0 Å². The molecule has 0 saturated heterocycles. The van der Waals surface area contributed by atoms with Crippen molar-refractivity contribution in [3.8, 4) is 5.75 Å². The van der Waals surface area contributed by atoms with Crippen LogP contribution >= 0.6 is 0 Å². The number of hydrogen-bond acceptors (Lipinski definition) is 2. The smallest absolute Gasteiger partial charge is 0.123 e. The molecule has 20 heavy (non-hydrogen) atoms. The summed E-state index contributed by atoms with van der Waals surface area (Å²) in [5.74, 6) is 1.66. The average Bonchev–Trinajstić information content (AvgIpc) is 2.92. The summed E-state index contributed by atoms with van der Waals surface area (Å²) < 4.78 is 6.38. The van der Waals surface area contributed by atoms with Crippen LogP contribution in [0.4, 0.5) is 0 Å². The predicted molar refractivity (Wildman–Crippen MR) is 85.5 cm³/mol. The van der Waals surface area contributed by atoms with E-state index in [1.165, 1.54) is 31.2 Å². The van der Waals surface area contributed by atoms with Crippen molar-refractivity contribution in [3.63, 3.8) is 0 Å². The van der Waals surface area contributed by atoms with Crippen molar-refractivity contribution in [1.82, 2.24) is 5.32 Å². The minimum atomic E-state index is 0.340. The molecule has 1 fully saturated rings. The largest absolute Gasteiger partial charge is 0.489 e. The molecule has 0 amide bonds. The van der Waals surface area contributed by atoms with E-state index in [2.05, 4.69) is 50.4 Å². The molecule has 3 unspecified atom stereocenters. The molecular formula is C18H29NO. The lowest BCUT2D eigenvalue weighted by molar-refractivity contribution is 0.172. The van der Waals surface area contributed by atoms with Crippen LogP contribution in [0.3, 0.4) is 0 Å². The molecule has 112 valence electrons. The molecule has 1 aliphatic rings. The minimum absolute atomic E-state index is 0.340. The maximum absolute atomic E-state index is 6.38. The topological polar surface area (TPSA) is 21.3 Å². The lowest BCUT2D eigenvalue weighted by atomic mass is 9.98. The Morgan fingerprint density at radius 2 is 2.05 bits per heavy atom. The van der Waals surface area contributed by atoms with Crippen LogP contribution in [0.15, 0.2) is 24.3 Å². The van der Waals surface area contributed by atoms with Crippen molar-refractivity contribution in [2.24, 2.45) is 0 Å². The first-order valence-electron chi connectivity index (χ1n) is 8.25. The lowest BCUT2D eigenvalue weighted by Gasteiger charge is -2.24. The molecule has 1 aromatic rings. The highest BCUT2D eigenvalue weighted by molar-refractivity contribution is 5.36. The number of hydrogen-bond donors (Lipinski definition) is 1. The molecular weight excluding hydrogens is 246 g/mol. The Morgan fingerprint density at radius 3 is 2.80 bits per heavy atom. The van der Waals surface area contributed by atoms with Crippen molar-refractivity contribution in [2.45, 2.75) is 70.9 Å². The van der Waals surface area contributed by atoms with Gasteiger partial charge in [0.2, 0.25) is 0 Å². The molecule has 0 heterocycles. The molecule has 1 aliphatic carbocycles. The van der Waals surface area contributed by atoms with Gasteiger partial charge in [-0.2, -0.15) is 0 Å². The SMILES string of the molecule is CCCNC1CCCC1Oc1ccccc1C(C)CC. The summed E-state index contributed by atoms with van der Waals surface area (Å²) >= 11 is 0. The van der Waals surface area contributed by atoms with Gasteiger partial charge in [-0.25, -0.2) is 0 Å². The van der Waals surface area contributed by atoms with Crippen LogP contribution in [0, 0.1) is 0 Å². The van der Waals surface area contributed by atoms with Gasteiger partial charge in [-0.15, -0.1) is 0 Å². The first-order valence-corrected chi connectivity index (χ1v) is 8.25. The number of rotatable bonds is 7. The van der Waals surface area contributed by atoms with Gasteiger partial charge >= 0.3 is 0 Å². The Hall–Kier alpha value is -1.02. The molecule has 2 heteroatoms. The molecule has 0 aliphatic heterocycles. The normalized spacial score (nSPS) is 23.8. The Kier molecular flexibility index (Phi) is 5.90. The highest BCUT2D eigenvalue weighted by atomic mass is 16.5.